The van der Waals surface area contributed by atoms with Gasteiger partial charge in [-0.25, -0.2) is 0 Å². The molecule has 0 amide bonds. The largest absolute Gasteiger partial charge is 0.174 e. The molecule has 0 unspecified atom stereocenters. The molecule has 0 nitrogen and oxygen atoms in total. The highest BCUT2D eigenvalue weighted by atomic mass is 35.6. The van der Waals surface area contributed by atoms with Gasteiger partial charge in [0, 0.05) is 4.11 Å². The van der Waals surface area contributed by atoms with Crippen LogP contribution in [0.15, 0.2) is 0 Å². The van der Waals surface area contributed by atoms with E-state index in [0.717, 1.165) is 0 Å². The molecule has 0 aromatic carbocycles. The average molecular weight is 228 g/mol. The van der Waals surface area contributed by atoms with Crippen LogP contribution in [-0.2, 0) is 0 Å². The maximum Gasteiger partial charge on any atom is 0.135 e. The van der Waals surface area contributed by atoms with E-state index < -0.39 is 28.1 Å². The maximum absolute atomic E-state index is 7.73. The minimum absolute atomic E-state index is 1.78. The fraction of sp³-hybridized carbons (Fsp3) is 1.00. The highest BCUT2D eigenvalue weighted by molar-refractivity contribution is 7.82. The maximum atomic E-state index is 7.73. The van der Waals surface area contributed by atoms with E-state index >= 15 is 0 Å². The van der Waals surface area contributed by atoms with Crippen LogP contribution in [0, 0.1) is 0 Å². The Labute approximate surface area is 82.9 Å². The van der Waals surface area contributed by atoms with Crippen molar-refractivity contribution in [3.05, 3.63) is 0 Å². The van der Waals surface area contributed by atoms with Gasteiger partial charge in [-0.3, -0.25) is 0 Å². The van der Waals surface area contributed by atoms with Gasteiger partial charge in [-0.2, -0.15) is 11.1 Å². The minimum atomic E-state index is -2.60. The second-order valence-corrected chi connectivity index (χ2v) is 34.1. The van der Waals surface area contributed by atoms with Crippen molar-refractivity contribution in [1.82, 2.24) is 0 Å². The van der Waals surface area contributed by atoms with Gasteiger partial charge in [-0.1, -0.05) is 45.8 Å². The molecule has 0 saturated heterocycles. The molecule has 0 saturated carbocycles. The van der Waals surface area contributed by atoms with E-state index in [2.05, 4.69) is 39.3 Å². The minimum Gasteiger partial charge on any atom is -0.174 e. The van der Waals surface area contributed by atoms with Crippen LogP contribution in [0.4, 0.5) is 0 Å². The van der Waals surface area contributed by atoms with E-state index in [0.29, 0.717) is 0 Å². The highest BCUT2D eigenvalue weighted by Gasteiger charge is 2.49. The van der Waals surface area contributed by atoms with Gasteiger partial charge >= 0.3 is 0 Å². The molecule has 0 aliphatic carbocycles. The number of rotatable bonds is 2. The number of halogens is 1. The first-order valence-corrected chi connectivity index (χ1v) is 16.0. The monoisotopic (exact) mass is 227 g/mol. The summed E-state index contributed by atoms with van der Waals surface area (Å²) in [6.45, 7) is 10.7. The zero-order valence-corrected chi connectivity index (χ0v) is 12.1. The van der Waals surface area contributed by atoms with Crippen LogP contribution in [0.2, 0.25) is 45.8 Å². The van der Waals surface area contributed by atoms with E-state index in [1.165, 1.54) is 0 Å². The van der Waals surface area contributed by atoms with Crippen LogP contribution < -0.4 is 0 Å². The Bertz CT molecular complexity index is 178. The molecule has 0 aliphatic heterocycles. The molecule has 0 atom stereocenters. The van der Waals surface area contributed by atoms with Crippen LogP contribution in [0.1, 0.15) is 4.11 Å². The fourth-order valence-electron chi connectivity index (χ4n) is 1.12. The van der Waals surface area contributed by atoms with Crippen LogP contribution >= 0.6 is 11.1 Å². The lowest BCUT2D eigenvalue weighted by atomic mass is 11.8. The molecular weight excluding hydrogens is 204 g/mol. The van der Waals surface area contributed by atoms with E-state index in [1.807, 2.05) is 0 Å². The molecule has 0 rings (SSSR count). The van der Waals surface area contributed by atoms with Crippen molar-refractivity contribution in [1.29, 1.82) is 0 Å². The molecule has 0 aromatic heterocycles. The van der Waals surface area contributed by atoms with Crippen molar-refractivity contribution in [3.8, 4) is 0 Å². The van der Waals surface area contributed by atoms with E-state index in [-0.39, 0.29) is 0 Å². The highest BCUT2D eigenvalue weighted by Crippen LogP contribution is 2.31. The summed E-state index contributed by atoms with van der Waals surface area (Å²) in [6.07, 6.45) is -2.60. The Hall–Kier alpha value is 0.941. The van der Waals surface area contributed by atoms with Gasteiger partial charge in [0.1, 0.15) is 6.42 Å². The third-order valence-corrected chi connectivity index (χ3v) is 42.3. The Kier molecular flexibility index (Phi) is 2.01. The molecule has 0 fully saturated rings. The molecular formula is C7H21ClSi3. The Morgan fingerprint density at radius 3 is 1.18 bits per heavy atom. The lowest BCUT2D eigenvalue weighted by Crippen LogP contribution is -2.65. The quantitative estimate of drug-likeness (QED) is 0.500. The van der Waals surface area contributed by atoms with Gasteiger partial charge in [0.2, 0.25) is 0 Å². The molecule has 4 heteroatoms. The topological polar surface area (TPSA) is 0 Å². The summed E-state index contributed by atoms with van der Waals surface area (Å²) in [5.74, 6) is 0. The van der Waals surface area contributed by atoms with Gasteiger partial charge in [-0.05, 0) is 0 Å². The van der Waals surface area contributed by atoms with Crippen LogP contribution in [-0.4, -0.2) is 21.6 Å². The number of hydrogen-bond donors (Lipinski definition) is 0. The van der Waals surface area contributed by atoms with Crippen molar-refractivity contribution < 1.29 is 4.11 Å². The summed E-state index contributed by atoms with van der Waals surface area (Å²) in [4.78, 5) is 0. The summed E-state index contributed by atoms with van der Waals surface area (Å²) in [7, 11) is -3.56. The summed E-state index contributed by atoms with van der Waals surface area (Å²) in [5, 5.41) is 0. The van der Waals surface area contributed by atoms with Gasteiger partial charge in [0.05, 0.1) is 15.2 Å². The number of hydrogen-bond acceptors (Lipinski definition) is 0. The third-order valence-electron chi connectivity index (χ3n) is 2.07. The molecule has 0 radical (unpaired) electrons. The van der Waals surface area contributed by atoms with E-state index in [1.54, 1.807) is 0 Å². The Morgan fingerprint density at radius 1 is 0.909 bits per heavy atom. The lowest BCUT2D eigenvalue weighted by Gasteiger charge is -2.41. The van der Waals surface area contributed by atoms with Crippen molar-refractivity contribution in [2.75, 3.05) is 0 Å². The lowest BCUT2D eigenvalue weighted by molar-refractivity contribution is 1.77. The zero-order chi connectivity index (χ0) is 12.0. The van der Waals surface area contributed by atoms with Crippen LogP contribution in [0.5, 0.6) is 0 Å². The van der Waals surface area contributed by atoms with Gasteiger partial charge in [-0.15, -0.1) is 0 Å². The summed E-state index contributed by atoms with van der Waals surface area (Å²) >= 11 is 6.67. The fourth-order valence-corrected chi connectivity index (χ4v) is 30.4. The predicted molar refractivity (Wildman–Crippen MR) is 64.2 cm³/mol. The van der Waals surface area contributed by atoms with Crippen LogP contribution in [0.25, 0.3) is 0 Å². The van der Waals surface area contributed by atoms with Crippen molar-refractivity contribution in [2.24, 2.45) is 0 Å². The molecule has 0 aliphatic rings. The first-order valence-electron chi connectivity index (χ1n) is 5.44. The van der Waals surface area contributed by atoms with Crippen LogP contribution in [0.3, 0.4) is 0 Å². The molecule has 0 heterocycles. The third kappa shape index (κ3) is 2.44. The predicted octanol–water partition coefficient (Wildman–Crippen LogP) is 3.63. The average Bonchev–Trinajstić information content (AvgIpc) is 1.77. The van der Waals surface area contributed by atoms with Crippen molar-refractivity contribution in [2.45, 2.75) is 45.8 Å². The van der Waals surface area contributed by atoms with Gasteiger partial charge < -0.3 is 0 Å². The summed E-state index contributed by atoms with van der Waals surface area (Å²) < 4.78 is 23.2. The molecule has 0 spiro atoms. The second kappa shape index (κ2) is 3.01. The second-order valence-electron chi connectivity index (χ2n) is 5.16. The molecule has 68 valence electrons. The molecule has 0 bridgehead atoms. The Balaban J connectivity index is 5.54. The first kappa shape index (κ1) is 7.35. The normalized spacial score (nSPS) is 20.5. The standard InChI is InChI=1S/C7H21ClSi3/c1-9(2,3)11(7,8)10(4,5)6/h1-7H3/i7D3. The Morgan fingerprint density at radius 2 is 1.18 bits per heavy atom. The zero-order valence-electron chi connectivity index (χ0n) is 11.4. The molecule has 0 aromatic rings. The summed E-state index contributed by atoms with van der Waals surface area (Å²) in [6, 6.07) is 0. The van der Waals surface area contributed by atoms with Crippen molar-refractivity contribution in [3.63, 3.8) is 0 Å². The van der Waals surface area contributed by atoms with Crippen molar-refractivity contribution >= 4 is 32.7 Å². The van der Waals surface area contributed by atoms with E-state index in [9.17, 15) is 0 Å². The first-order chi connectivity index (χ1) is 5.75. The van der Waals surface area contributed by atoms with Gasteiger partial charge in [0.15, 0.2) is 0 Å². The van der Waals surface area contributed by atoms with Gasteiger partial charge in [0.25, 0.3) is 0 Å². The van der Waals surface area contributed by atoms with E-state index in [4.69, 9.17) is 15.2 Å². The molecule has 11 heavy (non-hydrogen) atoms. The summed E-state index contributed by atoms with van der Waals surface area (Å²) in [5.41, 5.74) is 0. The smallest absolute Gasteiger partial charge is 0.135 e. The SMILES string of the molecule is [2H]C([2H])([2H])[Si](Cl)([Si](C)(C)C)[Si](C)(C)C. The molecule has 0 N–H and O–H groups in total.